The molecule has 0 atom stereocenters. The Balaban J connectivity index is 0.00000368. The van der Waals surface area contributed by atoms with Crippen LogP contribution in [0.4, 0.5) is 34.1 Å². The summed E-state index contributed by atoms with van der Waals surface area (Å²) in [6.45, 7) is 0. The van der Waals surface area contributed by atoms with Gasteiger partial charge < -0.3 is 20.4 Å². The third kappa shape index (κ3) is 9.40. The standard InChI is InChI=1S/C22H14N6O14S2.Fe.2Na/c29-17-8-18(30)14(24-26-22-16(28(35)36)3-10(27(33)34)4-20(22)32)7-13(17)23-25-15-5-11(43(37,38)39)1-9-2-12(44(40,41)42)6-19(31)21(9)15;;;/h1-8,29-32H,(H,37,38,39)(H,40,41,42);;;/q;;2*+1. The van der Waals surface area contributed by atoms with Gasteiger partial charge in [0.25, 0.3) is 25.9 Å². The van der Waals surface area contributed by atoms with E-state index in [0.29, 0.717) is 24.3 Å². The maximum atomic E-state index is 11.8. The van der Waals surface area contributed by atoms with E-state index in [2.05, 4.69) is 20.5 Å². The van der Waals surface area contributed by atoms with Gasteiger partial charge in [-0.3, -0.25) is 29.3 Å². The van der Waals surface area contributed by atoms with Crippen molar-refractivity contribution in [3.8, 4) is 23.0 Å². The van der Waals surface area contributed by atoms with Crippen LogP contribution in [-0.4, -0.2) is 56.2 Å². The predicted octanol–water partition coefficient (Wildman–Crippen LogP) is -1.19. The van der Waals surface area contributed by atoms with Gasteiger partial charge in [-0.05, 0) is 23.6 Å². The van der Waals surface area contributed by atoms with Gasteiger partial charge in [0.05, 0.1) is 42.8 Å². The Morgan fingerprint density at radius 3 is 1.55 bits per heavy atom. The first kappa shape index (κ1) is 41.7. The van der Waals surface area contributed by atoms with Gasteiger partial charge in [0, 0.05) is 35.3 Å². The molecule has 0 aromatic heterocycles. The summed E-state index contributed by atoms with van der Waals surface area (Å²) in [4.78, 5) is 18.6. The fourth-order valence-electron chi connectivity index (χ4n) is 3.66. The molecule has 0 aliphatic carbocycles. The van der Waals surface area contributed by atoms with Crippen molar-refractivity contribution in [3.05, 3.63) is 68.8 Å². The Labute approximate surface area is 316 Å². The molecule has 0 unspecified atom stereocenters. The van der Waals surface area contributed by atoms with Crippen LogP contribution in [0.3, 0.4) is 0 Å². The SMILES string of the molecule is O=[N+]([O-])c1cc(O)c(N=Nc2cc(N=Nc3cc(S(=O)(=O)O)cc4cc(S(=O)(=O)O)cc(O)c34)c(O)cc2O)c([N+](=O)[O-])c1.[Fe].[Na+].[Na+]. The van der Waals surface area contributed by atoms with Crippen molar-refractivity contribution in [3.63, 3.8) is 0 Å². The van der Waals surface area contributed by atoms with Crippen molar-refractivity contribution in [2.24, 2.45) is 20.5 Å². The van der Waals surface area contributed by atoms with E-state index in [1.54, 1.807) is 0 Å². The summed E-state index contributed by atoms with van der Waals surface area (Å²) >= 11 is 0. The van der Waals surface area contributed by atoms with Gasteiger partial charge >= 0.3 is 64.8 Å². The molecule has 0 aliphatic rings. The maximum absolute atomic E-state index is 11.8. The first-order valence-electron chi connectivity index (χ1n) is 11.2. The molecule has 0 spiro atoms. The zero-order chi connectivity index (χ0) is 32.7. The Kier molecular flexibility index (Phi) is 13.9. The van der Waals surface area contributed by atoms with Gasteiger partial charge in [-0.15, -0.1) is 20.5 Å². The average molecular weight is 752 g/mol. The first-order chi connectivity index (χ1) is 20.4. The van der Waals surface area contributed by atoms with Crippen LogP contribution in [0, 0.1) is 20.2 Å². The van der Waals surface area contributed by atoms with E-state index in [0.717, 1.165) is 24.3 Å². The van der Waals surface area contributed by atoms with Crippen molar-refractivity contribution in [2.75, 3.05) is 0 Å². The number of nitro benzene ring substituents is 2. The number of azo groups is 2. The molecule has 0 bridgehead atoms. The normalized spacial score (nSPS) is 11.5. The Morgan fingerprint density at radius 2 is 1.06 bits per heavy atom. The third-order valence-electron chi connectivity index (χ3n) is 5.61. The summed E-state index contributed by atoms with van der Waals surface area (Å²) in [6, 6.07) is 5.44. The zero-order valence-corrected chi connectivity index (χ0v) is 30.2. The van der Waals surface area contributed by atoms with E-state index >= 15 is 0 Å². The molecule has 0 fully saturated rings. The fraction of sp³-hybridized carbons (Fsp3) is 0. The summed E-state index contributed by atoms with van der Waals surface area (Å²) < 4.78 is 65.6. The number of nitro groups is 2. The summed E-state index contributed by atoms with van der Waals surface area (Å²) in [5, 5.41) is 77.0. The van der Waals surface area contributed by atoms with Gasteiger partial charge in [0.1, 0.15) is 28.6 Å². The Morgan fingerprint density at radius 1 is 0.574 bits per heavy atom. The molecule has 0 aliphatic heterocycles. The third-order valence-corrected chi connectivity index (χ3v) is 7.27. The minimum atomic E-state index is -4.95. The number of hydrogen-bond donors (Lipinski definition) is 6. The summed E-state index contributed by atoms with van der Waals surface area (Å²) in [5.41, 5.74) is -4.23. The molecule has 4 aromatic carbocycles. The predicted molar refractivity (Wildman–Crippen MR) is 145 cm³/mol. The topological polar surface area (TPSA) is 325 Å². The smallest absolute Gasteiger partial charge is 0.507 e. The van der Waals surface area contributed by atoms with Crippen molar-refractivity contribution < 1.29 is 132 Å². The van der Waals surface area contributed by atoms with E-state index in [1.807, 2.05) is 0 Å². The molecule has 47 heavy (non-hydrogen) atoms. The van der Waals surface area contributed by atoms with E-state index < -0.39 is 97.0 Å². The van der Waals surface area contributed by atoms with Crippen LogP contribution in [0.25, 0.3) is 10.8 Å². The quantitative estimate of drug-likeness (QED) is 0.0405. The number of benzene rings is 4. The number of nitrogens with zero attached hydrogens (tertiary/aromatic N) is 6. The van der Waals surface area contributed by atoms with E-state index in [9.17, 15) is 66.6 Å². The minimum Gasteiger partial charge on any atom is -0.507 e. The number of rotatable bonds is 8. The molecule has 236 valence electrons. The van der Waals surface area contributed by atoms with Gasteiger partial charge in [-0.25, -0.2) is 0 Å². The van der Waals surface area contributed by atoms with Crippen molar-refractivity contribution >= 4 is 65.1 Å². The van der Waals surface area contributed by atoms with E-state index in [-0.39, 0.29) is 87.0 Å². The Bertz CT molecular complexity index is 2200. The van der Waals surface area contributed by atoms with Gasteiger partial charge in [-0.1, -0.05) is 0 Å². The zero-order valence-electron chi connectivity index (χ0n) is 23.4. The van der Waals surface area contributed by atoms with Gasteiger partial charge in [0.15, 0.2) is 5.75 Å². The maximum Gasteiger partial charge on any atom is 1.00 e. The second-order valence-corrected chi connectivity index (χ2v) is 11.4. The molecule has 25 heteroatoms. The van der Waals surface area contributed by atoms with Crippen LogP contribution in [0.15, 0.2) is 78.8 Å². The Hall–Kier alpha value is -3.32. The molecule has 0 saturated carbocycles. The van der Waals surface area contributed by atoms with Crippen molar-refractivity contribution in [1.82, 2.24) is 0 Å². The average Bonchev–Trinajstić information content (AvgIpc) is 2.90. The van der Waals surface area contributed by atoms with E-state index in [1.165, 1.54) is 0 Å². The van der Waals surface area contributed by atoms with Crippen LogP contribution >= 0.6 is 0 Å². The summed E-state index contributed by atoms with van der Waals surface area (Å²) in [6.07, 6.45) is 0. The second kappa shape index (κ2) is 15.7. The molecule has 4 aromatic rings. The van der Waals surface area contributed by atoms with E-state index in [4.69, 9.17) is 0 Å². The second-order valence-electron chi connectivity index (χ2n) is 8.51. The summed E-state index contributed by atoms with van der Waals surface area (Å²) in [5.74, 6) is -3.36. The van der Waals surface area contributed by atoms with Crippen molar-refractivity contribution in [1.29, 1.82) is 0 Å². The molecular formula is C22H14FeN6Na2O14S2+2. The monoisotopic (exact) mass is 752 g/mol. The molecule has 20 nitrogen and oxygen atoms in total. The van der Waals surface area contributed by atoms with Gasteiger partial charge in [0.2, 0.25) is 5.69 Å². The fourth-order valence-corrected chi connectivity index (χ4v) is 4.73. The van der Waals surface area contributed by atoms with Crippen molar-refractivity contribution in [2.45, 2.75) is 9.79 Å². The first-order valence-corrected chi connectivity index (χ1v) is 14.1. The molecule has 6 N–H and O–H groups in total. The number of phenols is 4. The number of aromatic hydroxyl groups is 4. The number of hydrogen-bond acceptors (Lipinski definition) is 16. The van der Waals surface area contributed by atoms with Crippen LogP contribution in [0.1, 0.15) is 0 Å². The molecule has 0 radical (unpaired) electrons. The number of non-ortho nitro benzene ring substituents is 1. The largest absolute Gasteiger partial charge is 1.00 e. The van der Waals surface area contributed by atoms with Crippen LogP contribution < -0.4 is 59.1 Å². The summed E-state index contributed by atoms with van der Waals surface area (Å²) in [7, 11) is -9.82. The minimum absolute atomic E-state index is 0. The van der Waals surface area contributed by atoms with Crippen LogP contribution in [0.5, 0.6) is 23.0 Å². The molecular weight excluding hydrogens is 738 g/mol. The molecule has 4 rings (SSSR count). The molecule has 0 saturated heterocycles. The molecule has 0 amide bonds. The van der Waals surface area contributed by atoms with Gasteiger partial charge in [-0.2, -0.15) is 16.8 Å². The number of phenolic OH excluding ortho intramolecular Hbond substituents is 4. The van der Waals surface area contributed by atoms with Crippen LogP contribution in [-0.2, 0) is 37.3 Å². The van der Waals surface area contributed by atoms with Crippen LogP contribution in [0.2, 0.25) is 0 Å². The number of fused-ring (bicyclic) bond motifs is 1. The molecule has 0 heterocycles.